The maximum atomic E-state index is 11.9. The van der Waals surface area contributed by atoms with Crippen LogP contribution in [0.3, 0.4) is 0 Å². The van der Waals surface area contributed by atoms with Crippen molar-refractivity contribution in [3.63, 3.8) is 0 Å². The predicted octanol–water partition coefficient (Wildman–Crippen LogP) is 1.15. The van der Waals surface area contributed by atoms with Crippen LogP contribution in [0.2, 0.25) is 0 Å². The first kappa shape index (κ1) is 11.0. The largest absolute Gasteiger partial charge is 0.370 e. The van der Waals surface area contributed by atoms with Gasteiger partial charge in [0.25, 0.3) is 0 Å². The Morgan fingerprint density at radius 2 is 1.94 bits per heavy atom. The van der Waals surface area contributed by atoms with Gasteiger partial charge in [0.1, 0.15) is 0 Å². The van der Waals surface area contributed by atoms with E-state index in [4.69, 9.17) is 5.26 Å². The summed E-state index contributed by atoms with van der Waals surface area (Å²) in [5.74, 6) is -0.695. The molecule has 1 atom stereocenters. The van der Waals surface area contributed by atoms with E-state index in [0.717, 1.165) is 16.0 Å². The topological polar surface area (TPSA) is 46.5 Å². The molecule has 0 bridgehead atoms. The Hall–Kier alpha value is -2.13. The van der Waals surface area contributed by atoms with E-state index in [1.165, 1.54) is 0 Å². The van der Waals surface area contributed by atoms with Gasteiger partial charge in [0.2, 0.25) is 0 Å². The molecule has 0 saturated carbocycles. The number of hydrogen-bond acceptors (Lipinski definition) is 3. The quantitative estimate of drug-likeness (QED) is 0.591. The molecule has 1 N–H and O–H groups in total. The number of rotatable bonds is 1. The molecule has 3 heteroatoms. The van der Waals surface area contributed by atoms with Gasteiger partial charge in [0, 0.05) is 5.41 Å². The van der Waals surface area contributed by atoms with Crippen LogP contribution in [0.15, 0.2) is 48.6 Å². The van der Waals surface area contributed by atoms with Crippen LogP contribution >= 0.6 is 0 Å². The minimum Gasteiger partial charge on any atom is -0.296 e. The molecule has 0 amide bonds. The molecule has 0 aromatic heterocycles. The molecule has 1 aromatic carbocycles. The summed E-state index contributed by atoms with van der Waals surface area (Å²) in [6, 6.07) is 7.66. The Labute approximate surface area is 104 Å². The van der Waals surface area contributed by atoms with E-state index in [9.17, 15) is 4.79 Å². The van der Waals surface area contributed by atoms with E-state index < -0.39 is 11.4 Å². The van der Waals surface area contributed by atoms with Gasteiger partial charge in [0.05, 0.1) is 5.57 Å². The average molecular weight is 240 g/mol. The molecule has 0 spiro atoms. The van der Waals surface area contributed by atoms with Crippen molar-refractivity contribution >= 4 is 17.1 Å². The van der Waals surface area contributed by atoms with E-state index in [1.54, 1.807) is 0 Å². The number of hydrogen-bond donors (Lipinski definition) is 1. The van der Waals surface area contributed by atoms with Crippen molar-refractivity contribution in [2.45, 2.75) is 6.92 Å². The van der Waals surface area contributed by atoms with Gasteiger partial charge in [-0.2, -0.15) is 5.26 Å². The van der Waals surface area contributed by atoms with Gasteiger partial charge in [-0.05, 0) is 22.9 Å². The van der Waals surface area contributed by atoms with Crippen molar-refractivity contribution < 1.29 is 14.9 Å². The van der Waals surface area contributed by atoms with Gasteiger partial charge >= 0.3 is 5.97 Å². The second-order valence-electron chi connectivity index (χ2n) is 4.63. The molecule has 0 aliphatic heterocycles. The lowest BCUT2D eigenvalue weighted by atomic mass is 9.75. The maximum absolute atomic E-state index is 11.9. The Balaban J connectivity index is 2.47. The summed E-state index contributed by atoms with van der Waals surface area (Å²) in [4.78, 5) is 15.8. The van der Waals surface area contributed by atoms with E-state index in [1.807, 2.05) is 55.5 Å². The van der Waals surface area contributed by atoms with Gasteiger partial charge in [-0.3, -0.25) is 4.89 Å². The molecular weight excluding hydrogens is 228 g/mol. The fourth-order valence-electron chi connectivity index (χ4n) is 2.83. The molecule has 1 aromatic rings. The molecule has 3 rings (SSSR count). The molecule has 0 fully saturated rings. The van der Waals surface area contributed by atoms with Crippen molar-refractivity contribution in [2.24, 2.45) is 5.41 Å². The third-order valence-electron chi connectivity index (χ3n) is 3.66. The van der Waals surface area contributed by atoms with Crippen molar-refractivity contribution in [2.75, 3.05) is 0 Å². The van der Waals surface area contributed by atoms with Crippen LogP contribution < -0.4 is 10.4 Å². The lowest BCUT2D eigenvalue weighted by Crippen LogP contribution is -2.27. The molecule has 90 valence electrons. The van der Waals surface area contributed by atoms with Crippen LogP contribution in [0, 0.1) is 5.41 Å². The fraction of sp³-hybridized carbons (Fsp3) is 0.133. The van der Waals surface area contributed by atoms with Crippen LogP contribution in [0.1, 0.15) is 6.92 Å². The Morgan fingerprint density at radius 1 is 1.22 bits per heavy atom. The summed E-state index contributed by atoms with van der Waals surface area (Å²) in [6.07, 6.45) is 7.80. The first-order valence-corrected chi connectivity index (χ1v) is 5.75. The molecular formula is C15H12O3. The molecule has 0 radical (unpaired) electrons. The highest BCUT2D eigenvalue weighted by Crippen LogP contribution is 2.42. The first-order valence-electron chi connectivity index (χ1n) is 5.75. The van der Waals surface area contributed by atoms with Gasteiger partial charge < -0.3 is 0 Å². The molecule has 2 aliphatic carbocycles. The smallest absolute Gasteiger partial charge is 0.296 e. The summed E-state index contributed by atoms with van der Waals surface area (Å²) in [6.45, 7) is 1.95. The van der Waals surface area contributed by atoms with E-state index in [-0.39, 0.29) is 0 Å². The van der Waals surface area contributed by atoms with Crippen molar-refractivity contribution in [3.05, 3.63) is 59.0 Å². The summed E-state index contributed by atoms with van der Waals surface area (Å²) < 4.78 is 0. The molecule has 3 nitrogen and oxygen atoms in total. The van der Waals surface area contributed by atoms with E-state index in [2.05, 4.69) is 4.89 Å². The lowest BCUT2D eigenvalue weighted by Gasteiger charge is -2.27. The Bertz CT molecular complexity index is 709. The van der Waals surface area contributed by atoms with Gasteiger partial charge in [-0.15, -0.1) is 0 Å². The maximum Gasteiger partial charge on any atom is 0.370 e. The normalized spacial score (nSPS) is 23.9. The highest BCUT2D eigenvalue weighted by atomic mass is 17.1. The van der Waals surface area contributed by atoms with Gasteiger partial charge in [0.15, 0.2) is 0 Å². The number of allylic oxidation sites excluding steroid dienone is 4. The van der Waals surface area contributed by atoms with Crippen LogP contribution in [0.5, 0.6) is 0 Å². The molecule has 0 heterocycles. The van der Waals surface area contributed by atoms with Gasteiger partial charge in [-0.1, -0.05) is 48.6 Å². The second-order valence-corrected chi connectivity index (χ2v) is 4.63. The van der Waals surface area contributed by atoms with Crippen molar-refractivity contribution in [1.82, 2.24) is 0 Å². The molecule has 0 saturated heterocycles. The minimum atomic E-state index is -0.695. The lowest BCUT2D eigenvalue weighted by molar-refractivity contribution is -0.227. The Kier molecular flexibility index (Phi) is 2.25. The zero-order chi connectivity index (χ0) is 12.8. The zero-order valence-electron chi connectivity index (χ0n) is 9.88. The van der Waals surface area contributed by atoms with Gasteiger partial charge in [-0.25, -0.2) is 4.79 Å². The van der Waals surface area contributed by atoms with E-state index in [0.29, 0.717) is 5.57 Å². The fourth-order valence-corrected chi connectivity index (χ4v) is 2.83. The minimum absolute atomic E-state index is 0.483. The predicted molar refractivity (Wildman–Crippen MR) is 67.6 cm³/mol. The number of fused-ring (bicyclic) bond motifs is 2. The average Bonchev–Trinajstić information content (AvgIpc) is 2.66. The van der Waals surface area contributed by atoms with E-state index >= 15 is 0 Å². The molecule has 18 heavy (non-hydrogen) atoms. The van der Waals surface area contributed by atoms with Crippen molar-refractivity contribution in [1.29, 1.82) is 0 Å². The zero-order valence-corrected chi connectivity index (χ0v) is 9.88. The summed E-state index contributed by atoms with van der Waals surface area (Å²) in [5, 5.41) is 10.5. The third kappa shape index (κ3) is 1.25. The summed E-state index contributed by atoms with van der Waals surface area (Å²) >= 11 is 0. The SMILES string of the molecule is C[C@]12C=CC=CC1=c1ccccc1=C2C(=O)OO. The van der Waals surface area contributed by atoms with Crippen LogP contribution in [-0.2, 0) is 9.68 Å². The molecule has 2 aliphatic rings. The standard InChI is InChI=1S/C15H12O3/c1-15-9-5-4-8-12(15)10-6-2-3-7-11(10)13(15)14(16)18-17/h2-9,17H,1H3/t15-/m0/s1. The highest BCUT2D eigenvalue weighted by molar-refractivity contribution is 6.16. The van der Waals surface area contributed by atoms with Crippen molar-refractivity contribution in [3.8, 4) is 0 Å². The second kappa shape index (κ2) is 3.68. The third-order valence-corrected chi connectivity index (χ3v) is 3.66. The molecule has 0 unspecified atom stereocenters. The number of carbonyl (C=O) groups is 1. The van der Waals surface area contributed by atoms with Crippen LogP contribution in [0.25, 0.3) is 11.1 Å². The first-order chi connectivity index (χ1) is 8.68. The van der Waals surface area contributed by atoms with Crippen LogP contribution in [-0.4, -0.2) is 11.2 Å². The number of carbonyl (C=O) groups excluding carboxylic acids is 1. The monoisotopic (exact) mass is 240 g/mol. The Morgan fingerprint density at radius 3 is 2.67 bits per heavy atom. The summed E-state index contributed by atoms with van der Waals surface area (Å²) in [5.41, 5.74) is 1.01. The van der Waals surface area contributed by atoms with Crippen LogP contribution in [0.4, 0.5) is 0 Å². The number of benzene rings is 1. The summed E-state index contributed by atoms with van der Waals surface area (Å²) in [7, 11) is 0. The highest BCUT2D eigenvalue weighted by Gasteiger charge is 2.40.